The Bertz CT molecular complexity index is 1450. The van der Waals surface area contributed by atoms with Gasteiger partial charge in [-0.2, -0.15) is 0 Å². The summed E-state index contributed by atoms with van der Waals surface area (Å²) < 4.78 is 5.70. The van der Waals surface area contributed by atoms with Crippen LogP contribution in [0.25, 0.3) is 22.3 Å². The smallest absolute Gasteiger partial charge is 0.328 e. The van der Waals surface area contributed by atoms with Gasteiger partial charge in [-0.05, 0) is 25.3 Å². The van der Waals surface area contributed by atoms with E-state index in [0.29, 0.717) is 40.3 Å². The van der Waals surface area contributed by atoms with Crippen molar-refractivity contribution in [3.63, 3.8) is 0 Å². The first-order chi connectivity index (χ1) is 16.6. The first-order valence-electron chi connectivity index (χ1n) is 11.2. The number of carbonyl (C=O) groups is 1. The molecule has 1 saturated carbocycles. The van der Waals surface area contributed by atoms with Gasteiger partial charge in [0.2, 0.25) is 5.95 Å². The molecule has 4 aromatic heterocycles. The Morgan fingerprint density at radius 3 is 2.85 bits per heavy atom. The number of rotatable bonds is 5. The monoisotopic (exact) mass is 475 g/mol. The fourth-order valence-corrected chi connectivity index (χ4v) is 4.60. The molecule has 0 saturated heterocycles. The number of nitrogens with one attached hydrogen (secondary N) is 2. The number of nitrogens with zero attached hydrogens (tertiary/aromatic N) is 5. The van der Waals surface area contributed by atoms with Crippen LogP contribution in [0.3, 0.4) is 0 Å². The average molecular weight is 476 g/mol. The molecule has 0 aromatic carbocycles. The highest BCUT2D eigenvalue weighted by atomic mass is 35.5. The van der Waals surface area contributed by atoms with E-state index in [1.165, 1.54) is 0 Å². The minimum Gasteiger partial charge on any atom is -0.496 e. The van der Waals surface area contributed by atoms with Crippen LogP contribution in [0.1, 0.15) is 42.6 Å². The van der Waals surface area contributed by atoms with Crippen molar-refractivity contribution in [3.05, 3.63) is 52.7 Å². The quantitative estimate of drug-likeness (QED) is 0.390. The summed E-state index contributed by atoms with van der Waals surface area (Å²) >= 11 is 6.17. The van der Waals surface area contributed by atoms with E-state index < -0.39 is 0 Å². The second-order valence-electron chi connectivity index (χ2n) is 8.49. The van der Waals surface area contributed by atoms with Gasteiger partial charge in [-0.1, -0.05) is 18.5 Å². The lowest BCUT2D eigenvalue weighted by atomic mass is 10.0. The molecule has 9 nitrogen and oxygen atoms in total. The molecular formula is C24H22ClN7O2. The number of imidazole rings is 1. The zero-order chi connectivity index (χ0) is 23.4. The molecule has 0 unspecified atom stereocenters. The van der Waals surface area contributed by atoms with Crippen LogP contribution in [-0.4, -0.2) is 38.1 Å². The molecule has 2 N–H and O–H groups in total. The zero-order valence-electron chi connectivity index (χ0n) is 18.7. The summed E-state index contributed by atoms with van der Waals surface area (Å²) in [6.45, 7) is 2.27. The number of hydrogen-bond donors (Lipinski definition) is 2. The third-order valence-electron chi connectivity index (χ3n) is 6.31. The molecule has 1 aliphatic carbocycles. The Balaban J connectivity index is 1.42. The minimum atomic E-state index is -0.282. The maximum absolute atomic E-state index is 13.0. The molecule has 0 radical (unpaired) electrons. The molecule has 1 fully saturated rings. The molecule has 2 amide bonds. The van der Waals surface area contributed by atoms with Crippen molar-refractivity contribution in [1.29, 1.82) is 0 Å². The van der Waals surface area contributed by atoms with E-state index in [9.17, 15) is 4.79 Å². The van der Waals surface area contributed by atoms with Crippen LogP contribution in [0, 0.1) is 0 Å². The number of aryl methyl sites for hydroxylation is 1. The van der Waals surface area contributed by atoms with Crippen LogP contribution in [0.15, 0.2) is 30.6 Å². The molecule has 4 aromatic rings. The number of pyridine rings is 3. The summed E-state index contributed by atoms with van der Waals surface area (Å²) in [5.41, 5.74) is 6.31. The lowest BCUT2D eigenvalue weighted by molar-refractivity contribution is 0.255. The number of halogens is 1. The van der Waals surface area contributed by atoms with Crippen LogP contribution in [-0.2, 0) is 13.0 Å². The molecule has 0 atom stereocenters. The van der Waals surface area contributed by atoms with E-state index in [2.05, 4.69) is 30.2 Å². The minimum absolute atomic E-state index is 0.278. The van der Waals surface area contributed by atoms with Crippen molar-refractivity contribution in [1.82, 2.24) is 24.9 Å². The van der Waals surface area contributed by atoms with E-state index in [1.54, 1.807) is 30.3 Å². The number of aromatic nitrogens is 5. The Kier molecular flexibility index (Phi) is 4.88. The van der Waals surface area contributed by atoms with Crippen LogP contribution in [0.2, 0.25) is 5.15 Å². The molecule has 1 aliphatic heterocycles. The largest absolute Gasteiger partial charge is 0.496 e. The summed E-state index contributed by atoms with van der Waals surface area (Å²) in [6, 6.07) is 5.22. The highest BCUT2D eigenvalue weighted by Gasteiger charge is 2.31. The van der Waals surface area contributed by atoms with Gasteiger partial charge in [0.25, 0.3) is 0 Å². The fourth-order valence-electron chi connectivity index (χ4n) is 4.39. The van der Waals surface area contributed by atoms with Crippen LogP contribution in [0.5, 0.6) is 5.75 Å². The molecule has 2 aliphatic rings. The number of methoxy groups -OCH3 is 1. The summed E-state index contributed by atoms with van der Waals surface area (Å²) in [4.78, 5) is 36.1. The van der Waals surface area contributed by atoms with E-state index in [-0.39, 0.29) is 12.6 Å². The molecule has 5 heterocycles. The number of amides is 2. The summed E-state index contributed by atoms with van der Waals surface area (Å²) in [7, 11) is 1.65. The van der Waals surface area contributed by atoms with Crippen molar-refractivity contribution >= 4 is 40.3 Å². The normalized spacial score (nSPS) is 15.4. The number of urea groups is 1. The Hall–Kier alpha value is -3.72. The fraction of sp³-hybridized carbons (Fsp3) is 0.292. The maximum atomic E-state index is 13.0. The van der Waals surface area contributed by atoms with Crippen molar-refractivity contribution in [3.8, 4) is 17.0 Å². The summed E-state index contributed by atoms with van der Waals surface area (Å²) in [5, 5.41) is 3.35. The van der Waals surface area contributed by atoms with Crippen molar-refractivity contribution in [2.45, 2.75) is 38.6 Å². The number of H-pyrrole nitrogens is 1. The Morgan fingerprint density at radius 2 is 2.09 bits per heavy atom. The lowest BCUT2D eigenvalue weighted by Gasteiger charge is -2.28. The van der Waals surface area contributed by atoms with E-state index in [0.717, 1.165) is 46.6 Å². The number of carbonyl (C=O) groups excluding carboxylic acids is 1. The predicted molar refractivity (Wildman–Crippen MR) is 129 cm³/mol. The predicted octanol–water partition coefficient (Wildman–Crippen LogP) is 5.07. The second kappa shape index (κ2) is 7.95. The van der Waals surface area contributed by atoms with Crippen LogP contribution >= 0.6 is 11.6 Å². The van der Waals surface area contributed by atoms with E-state index in [1.807, 2.05) is 19.2 Å². The van der Waals surface area contributed by atoms with Crippen molar-refractivity contribution < 1.29 is 9.53 Å². The Labute approximate surface area is 200 Å². The highest BCUT2D eigenvalue weighted by molar-refractivity contribution is 6.30. The van der Waals surface area contributed by atoms with Crippen LogP contribution in [0.4, 0.5) is 16.4 Å². The molecule has 0 spiro atoms. The van der Waals surface area contributed by atoms with Gasteiger partial charge in [0, 0.05) is 41.7 Å². The zero-order valence-corrected chi connectivity index (χ0v) is 19.5. The number of hydrogen-bond acceptors (Lipinski definition) is 6. The van der Waals surface area contributed by atoms with Gasteiger partial charge in [0.05, 0.1) is 41.8 Å². The van der Waals surface area contributed by atoms with Gasteiger partial charge in [-0.25, -0.2) is 14.8 Å². The van der Waals surface area contributed by atoms with Gasteiger partial charge < -0.3 is 15.0 Å². The third-order valence-corrected chi connectivity index (χ3v) is 6.50. The van der Waals surface area contributed by atoms with Gasteiger partial charge in [0.15, 0.2) is 0 Å². The van der Waals surface area contributed by atoms with E-state index in [4.69, 9.17) is 16.3 Å². The first-order valence-corrected chi connectivity index (χ1v) is 11.6. The first kappa shape index (κ1) is 20.9. The standard InChI is InChI=1S/C24H22ClN7O2/c1-3-15-22-18(9-20(25)28-15)29-23(31-22)32-11-14-16(30-24(32)33)6-7-26-21(14)13-10-27-17(12-4-5-12)8-19(13)34-2/h6-10,12H,3-5,11H2,1-2H3,(H,29,31)(H,30,33). The highest BCUT2D eigenvalue weighted by Crippen LogP contribution is 2.43. The Morgan fingerprint density at radius 1 is 1.24 bits per heavy atom. The van der Waals surface area contributed by atoms with Gasteiger partial charge in [-0.15, -0.1) is 0 Å². The summed E-state index contributed by atoms with van der Waals surface area (Å²) in [5.74, 6) is 1.65. The number of ether oxygens (including phenoxy) is 1. The molecule has 172 valence electrons. The third kappa shape index (κ3) is 3.43. The maximum Gasteiger partial charge on any atom is 0.328 e. The lowest BCUT2D eigenvalue weighted by Crippen LogP contribution is -2.39. The molecule has 6 rings (SSSR count). The van der Waals surface area contributed by atoms with Crippen molar-refractivity contribution in [2.75, 3.05) is 17.3 Å². The molecule has 10 heteroatoms. The SMILES string of the molecule is CCc1nc(Cl)cc2[nH]c(N3Cc4c(ccnc4-c4cnc(C5CC5)cc4OC)NC3=O)nc12. The topological polar surface area (TPSA) is 109 Å². The van der Waals surface area contributed by atoms with Crippen molar-refractivity contribution in [2.24, 2.45) is 0 Å². The number of fused-ring (bicyclic) bond motifs is 2. The van der Waals surface area contributed by atoms with Gasteiger partial charge >= 0.3 is 6.03 Å². The second-order valence-corrected chi connectivity index (χ2v) is 8.87. The molecule has 0 bridgehead atoms. The van der Waals surface area contributed by atoms with Gasteiger partial charge in [0.1, 0.15) is 16.4 Å². The number of aromatic amines is 1. The summed E-state index contributed by atoms with van der Waals surface area (Å²) in [6.07, 6.45) is 6.49. The van der Waals surface area contributed by atoms with E-state index >= 15 is 0 Å². The van der Waals surface area contributed by atoms with Crippen LogP contribution < -0.4 is 15.0 Å². The molecule has 34 heavy (non-hydrogen) atoms. The molecular weight excluding hydrogens is 454 g/mol. The average Bonchev–Trinajstić information content (AvgIpc) is 3.61. The number of anilines is 2. The van der Waals surface area contributed by atoms with Gasteiger partial charge in [-0.3, -0.25) is 14.9 Å².